The summed E-state index contributed by atoms with van der Waals surface area (Å²) in [6, 6.07) is 7.89. The third kappa shape index (κ3) is 3.48. The van der Waals surface area contributed by atoms with Gasteiger partial charge >= 0.3 is 5.97 Å². The Balaban J connectivity index is 1.59. The molecule has 3 heterocycles. The van der Waals surface area contributed by atoms with Crippen molar-refractivity contribution in [2.24, 2.45) is 0 Å². The number of methoxy groups -OCH3 is 1. The fourth-order valence-corrected chi connectivity index (χ4v) is 3.44. The number of hydrogen-bond acceptors (Lipinski definition) is 5. The van der Waals surface area contributed by atoms with Gasteiger partial charge in [0.2, 0.25) is 0 Å². The molecule has 1 aliphatic rings. The maximum absolute atomic E-state index is 13.3. The number of nitrogens with one attached hydrogen (secondary N) is 1. The molecule has 4 rings (SSSR count). The molecule has 3 aromatic rings. The minimum Gasteiger partial charge on any atom is -0.464 e. The van der Waals surface area contributed by atoms with E-state index in [0.29, 0.717) is 36.4 Å². The number of nitrogens with zero attached hydrogens (tertiary/aromatic N) is 3. The van der Waals surface area contributed by atoms with E-state index in [0.717, 1.165) is 24.0 Å². The number of carbonyl (C=O) groups excluding carboxylic acids is 1. The van der Waals surface area contributed by atoms with Gasteiger partial charge in [0.25, 0.3) is 5.56 Å². The summed E-state index contributed by atoms with van der Waals surface area (Å²) in [5.74, 6) is -0.839. The Hall–Kier alpha value is -3.00. The van der Waals surface area contributed by atoms with E-state index in [1.54, 1.807) is 18.2 Å². The quantitative estimate of drug-likeness (QED) is 0.714. The van der Waals surface area contributed by atoms with Gasteiger partial charge < -0.3 is 9.72 Å². The van der Waals surface area contributed by atoms with Gasteiger partial charge in [-0.2, -0.15) is 5.10 Å². The molecule has 1 N–H and O–H groups in total. The number of ether oxygens (including phenoxy) is 1. The number of fused-ring (bicyclic) bond motifs is 2. The molecule has 27 heavy (non-hydrogen) atoms. The molecular formula is C19H19FN4O3. The number of H-pyrrole nitrogens is 1. The number of aromatic amines is 1. The summed E-state index contributed by atoms with van der Waals surface area (Å²) in [5.41, 5.74) is 2.09. The van der Waals surface area contributed by atoms with E-state index in [4.69, 9.17) is 4.74 Å². The van der Waals surface area contributed by atoms with Gasteiger partial charge in [0.15, 0.2) is 5.69 Å². The highest BCUT2D eigenvalue weighted by Gasteiger charge is 2.20. The van der Waals surface area contributed by atoms with E-state index in [2.05, 4.69) is 15.0 Å². The van der Waals surface area contributed by atoms with Gasteiger partial charge in [0.05, 0.1) is 18.3 Å². The number of aryl methyl sites for hydroxylation is 1. The summed E-state index contributed by atoms with van der Waals surface area (Å²) in [4.78, 5) is 29.0. The highest BCUT2D eigenvalue weighted by molar-refractivity contribution is 5.87. The SMILES string of the molecule is COC(=O)c1cc2n(n1)CCCN(Cc1cc3ccc(F)cc3[nH]c1=O)C2. The molecule has 0 spiro atoms. The van der Waals surface area contributed by atoms with Crippen molar-refractivity contribution in [2.75, 3.05) is 13.7 Å². The van der Waals surface area contributed by atoms with E-state index >= 15 is 0 Å². The molecule has 7 nitrogen and oxygen atoms in total. The van der Waals surface area contributed by atoms with Crippen LogP contribution in [0.3, 0.4) is 0 Å². The normalized spacial score (nSPS) is 14.7. The van der Waals surface area contributed by atoms with Crippen molar-refractivity contribution in [1.29, 1.82) is 0 Å². The number of rotatable bonds is 3. The number of benzene rings is 1. The second-order valence-corrected chi connectivity index (χ2v) is 6.66. The predicted molar refractivity (Wildman–Crippen MR) is 96.8 cm³/mol. The average molecular weight is 370 g/mol. The molecule has 1 aliphatic heterocycles. The zero-order valence-corrected chi connectivity index (χ0v) is 14.9. The van der Waals surface area contributed by atoms with E-state index in [1.807, 2.05) is 4.68 Å². The highest BCUT2D eigenvalue weighted by Crippen LogP contribution is 2.18. The summed E-state index contributed by atoms with van der Waals surface area (Å²) >= 11 is 0. The van der Waals surface area contributed by atoms with Crippen molar-refractivity contribution < 1.29 is 13.9 Å². The van der Waals surface area contributed by atoms with E-state index < -0.39 is 5.97 Å². The first kappa shape index (κ1) is 17.4. The Bertz CT molecular complexity index is 1070. The molecule has 0 saturated carbocycles. The summed E-state index contributed by atoms with van der Waals surface area (Å²) in [6.45, 7) is 2.54. The topological polar surface area (TPSA) is 80.2 Å². The lowest BCUT2D eigenvalue weighted by atomic mass is 10.1. The molecule has 0 atom stereocenters. The van der Waals surface area contributed by atoms with Crippen LogP contribution in [0.2, 0.25) is 0 Å². The molecule has 0 aliphatic carbocycles. The molecule has 0 fully saturated rings. The van der Waals surface area contributed by atoms with Crippen LogP contribution in [0.5, 0.6) is 0 Å². The average Bonchev–Trinajstić information content (AvgIpc) is 2.95. The maximum Gasteiger partial charge on any atom is 0.358 e. The molecule has 0 radical (unpaired) electrons. The fourth-order valence-electron chi connectivity index (χ4n) is 3.44. The van der Waals surface area contributed by atoms with E-state index in [-0.39, 0.29) is 11.4 Å². The molecule has 0 saturated heterocycles. The highest BCUT2D eigenvalue weighted by atomic mass is 19.1. The first-order chi connectivity index (χ1) is 13.0. The zero-order chi connectivity index (χ0) is 19.0. The van der Waals surface area contributed by atoms with Crippen molar-refractivity contribution in [3.63, 3.8) is 0 Å². The number of esters is 1. The lowest BCUT2D eigenvalue weighted by Crippen LogP contribution is -2.26. The summed E-state index contributed by atoms with van der Waals surface area (Å²) < 4.78 is 19.9. The van der Waals surface area contributed by atoms with Crippen LogP contribution in [0.1, 0.15) is 28.2 Å². The van der Waals surface area contributed by atoms with Gasteiger partial charge in [0, 0.05) is 31.7 Å². The number of pyridine rings is 1. The smallest absolute Gasteiger partial charge is 0.358 e. The van der Waals surface area contributed by atoms with Crippen molar-refractivity contribution in [3.8, 4) is 0 Å². The molecule has 140 valence electrons. The van der Waals surface area contributed by atoms with Crippen LogP contribution in [0.4, 0.5) is 4.39 Å². The van der Waals surface area contributed by atoms with Crippen LogP contribution < -0.4 is 5.56 Å². The van der Waals surface area contributed by atoms with Crippen LogP contribution in [0.25, 0.3) is 10.9 Å². The Morgan fingerprint density at radius 2 is 2.15 bits per heavy atom. The lowest BCUT2D eigenvalue weighted by Gasteiger charge is -2.19. The Kier molecular flexibility index (Phi) is 4.49. The van der Waals surface area contributed by atoms with Crippen molar-refractivity contribution in [1.82, 2.24) is 19.7 Å². The fraction of sp³-hybridized carbons (Fsp3) is 0.316. The number of carbonyl (C=O) groups is 1. The van der Waals surface area contributed by atoms with Crippen LogP contribution in [0.15, 0.2) is 35.1 Å². The monoisotopic (exact) mass is 370 g/mol. The number of hydrogen-bond donors (Lipinski definition) is 1. The summed E-state index contributed by atoms with van der Waals surface area (Å²) in [7, 11) is 1.33. The number of halogens is 1. The largest absolute Gasteiger partial charge is 0.464 e. The van der Waals surface area contributed by atoms with Gasteiger partial charge in [-0.15, -0.1) is 0 Å². The van der Waals surface area contributed by atoms with Gasteiger partial charge in [-0.05, 0) is 42.1 Å². The second-order valence-electron chi connectivity index (χ2n) is 6.66. The molecule has 0 unspecified atom stereocenters. The third-order valence-electron chi connectivity index (χ3n) is 4.77. The van der Waals surface area contributed by atoms with Crippen molar-refractivity contribution >= 4 is 16.9 Å². The van der Waals surface area contributed by atoms with E-state index in [1.165, 1.54) is 19.2 Å². The van der Waals surface area contributed by atoms with Gasteiger partial charge in [0.1, 0.15) is 5.82 Å². The first-order valence-corrected chi connectivity index (χ1v) is 8.72. The van der Waals surface area contributed by atoms with Crippen LogP contribution in [-0.2, 0) is 24.4 Å². The van der Waals surface area contributed by atoms with Gasteiger partial charge in [-0.3, -0.25) is 14.4 Å². The summed E-state index contributed by atoms with van der Waals surface area (Å²) in [6.07, 6.45) is 0.853. The minimum absolute atomic E-state index is 0.221. The van der Waals surface area contributed by atoms with E-state index in [9.17, 15) is 14.0 Å². The molecule has 0 amide bonds. The standard InChI is InChI=1S/C19H19FN4O3/c1-27-19(26)17-9-15-11-23(5-2-6-24(15)22-17)10-13-7-12-3-4-14(20)8-16(12)21-18(13)25/h3-4,7-9H,2,5-6,10-11H2,1H3,(H,21,25). The van der Waals surface area contributed by atoms with Gasteiger partial charge in [-0.1, -0.05) is 0 Å². The van der Waals surface area contributed by atoms with Crippen molar-refractivity contribution in [2.45, 2.75) is 26.1 Å². The predicted octanol–water partition coefficient (Wildman–Crippen LogP) is 2.06. The Morgan fingerprint density at radius 3 is 2.96 bits per heavy atom. The lowest BCUT2D eigenvalue weighted by molar-refractivity contribution is 0.0593. The van der Waals surface area contributed by atoms with Crippen LogP contribution in [-0.4, -0.2) is 39.3 Å². The molecule has 0 bridgehead atoms. The number of aromatic nitrogens is 3. The second kappa shape index (κ2) is 6.96. The zero-order valence-electron chi connectivity index (χ0n) is 14.9. The third-order valence-corrected chi connectivity index (χ3v) is 4.77. The van der Waals surface area contributed by atoms with Crippen molar-refractivity contribution in [3.05, 3.63) is 63.5 Å². The molecule has 1 aromatic carbocycles. The van der Waals surface area contributed by atoms with Crippen LogP contribution >= 0.6 is 0 Å². The Morgan fingerprint density at radius 1 is 1.30 bits per heavy atom. The molecular weight excluding hydrogens is 351 g/mol. The minimum atomic E-state index is -0.458. The maximum atomic E-state index is 13.3. The molecule has 8 heteroatoms. The summed E-state index contributed by atoms with van der Waals surface area (Å²) in [5, 5.41) is 5.09. The Labute approximate surface area is 154 Å². The van der Waals surface area contributed by atoms with Gasteiger partial charge in [-0.25, -0.2) is 9.18 Å². The van der Waals surface area contributed by atoms with Crippen LogP contribution in [0, 0.1) is 5.82 Å². The molecule has 2 aromatic heterocycles. The first-order valence-electron chi connectivity index (χ1n) is 8.72.